The van der Waals surface area contributed by atoms with Crippen molar-refractivity contribution in [2.45, 2.75) is 24.4 Å². The average molecular weight is 372 g/mol. The molecule has 27 heavy (non-hydrogen) atoms. The first kappa shape index (κ1) is 17.5. The summed E-state index contributed by atoms with van der Waals surface area (Å²) in [7, 11) is 0. The standard InChI is InChI=1S/C18H16N2O7/c21-19(22)13-5-1-11(2-6-13)17-15(26-17)9-25-10-16-18(27-16)12-3-7-14(8-4-12)20(23)24/h1-8,15-18H,9-10H2. The molecule has 2 fully saturated rings. The average Bonchev–Trinajstić information content (AvgIpc) is 3.58. The molecule has 2 heterocycles. The number of ether oxygens (including phenoxy) is 3. The lowest BCUT2D eigenvalue weighted by Gasteiger charge is -2.00. The topological polar surface area (TPSA) is 121 Å². The molecule has 0 N–H and O–H groups in total. The first-order valence-corrected chi connectivity index (χ1v) is 8.40. The van der Waals surface area contributed by atoms with Gasteiger partial charge in [0.25, 0.3) is 11.4 Å². The van der Waals surface area contributed by atoms with E-state index in [1.54, 1.807) is 24.3 Å². The number of non-ortho nitro benzene ring substituents is 2. The zero-order valence-electron chi connectivity index (χ0n) is 14.1. The summed E-state index contributed by atoms with van der Waals surface area (Å²) in [4.78, 5) is 20.5. The van der Waals surface area contributed by atoms with Gasteiger partial charge in [-0.15, -0.1) is 0 Å². The van der Waals surface area contributed by atoms with Crippen LogP contribution in [0.1, 0.15) is 23.3 Å². The molecule has 0 bridgehead atoms. The molecule has 9 nitrogen and oxygen atoms in total. The Morgan fingerprint density at radius 3 is 1.44 bits per heavy atom. The Kier molecular flexibility index (Phi) is 4.56. The molecule has 4 unspecified atom stereocenters. The summed E-state index contributed by atoms with van der Waals surface area (Å²) in [5.74, 6) is 0. The van der Waals surface area contributed by atoms with Crippen LogP contribution < -0.4 is 0 Å². The van der Waals surface area contributed by atoms with Crippen molar-refractivity contribution in [1.82, 2.24) is 0 Å². The maximum Gasteiger partial charge on any atom is 0.269 e. The van der Waals surface area contributed by atoms with Crippen LogP contribution in [0.15, 0.2) is 48.5 Å². The van der Waals surface area contributed by atoms with E-state index in [-0.39, 0.29) is 35.8 Å². The molecule has 0 spiro atoms. The zero-order valence-corrected chi connectivity index (χ0v) is 14.1. The third-order valence-corrected chi connectivity index (χ3v) is 4.59. The fraction of sp³-hybridized carbons (Fsp3) is 0.333. The molecule has 2 saturated heterocycles. The zero-order chi connectivity index (χ0) is 19.0. The molecular formula is C18H16N2O7. The van der Waals surface area contributed by atoms with Crippen molar-refractivity contribution < 1.29 is 24.1 Å². The first-order valence-electron chi connectivity index (χ1n) is 8.40. The van der Waals surface area contributed by atoms with Crippen LogP contribution in [0.2, 0.25) is 0 Å². The molecule has 4 atom stereocenters. The van der Waals surface area contributed by atoms with Gasteiger partial charge in [-0.05, 0) is 35.4 Å². The molecule has 2 aliphatic heterocycles. The van der Waals surface area contributed by atoms with Crippen LogP contribution in [0.25, 0.3) is 0 Å². The van der Waals surface area contributed by atoms with Crippen molar-refractivity contribution in [3.8, 4) is 0 Å². The van der Waals surface area contributed by atoms with Gasteiger partial charge < -0.3 is 14.2 Å². The van der Waals surface area contributed by atoms with Crippen LogP contribution in [0.5, 0.6) is 0 Å². The Hall–Kier alpha value is -2.88. The van der Waals surface area contributed by atoms with Crippen LogP contribution >= 0.6 is 0 Å². The van der Waals surface area contributed by atoms with Crippen molar-refractivity contribution >= 4 is 11.4 Å². The van der Waals surface area contributed by atoms with E-state index in [9.17, 15) is 20.2 Å². The number of hydrogen-bond donors (Lipinski definition) is 0. The molecule has 2 aromatic carbocycles. The largest absolute Gasteiger partial charge is 0.376 e. The third kappa shape index (κ3) is 3.95. The molecule has 0 amide bonds. The Bertz CT molecular complexity index is 782. The second-order valence-electron chi connectivity index (χ2n) is 6.43. The maximum absolute atomic E-state index is 10.7. The molecule has 0 radical (unpaired) electrons. The number of benzene rings is 2. The summed E-state index contributed by atoms with van der Waals surface area (Å²) in [5, 5.41) is 21.3. The molecule has 2 aromatic rings. The lowest BCUT2D eigenvalue weighted by atomic mass is 10.1. The Balaban J connectivity index is 1.19. The van der Waals surface area contributed by atoms with Crippen LogP contribution in [-0.2, 0) is 14.2 Å². The van der Waals surface area contributed by atoms with E-state index in [1.807, 2.05) is 0 Å². The number of epoxide rings is 2. The molecular weight excluding hydrogens is 356 g/mol. The van der Waals surface area contributed by atoms with Gasteiger partial charge in [0.15, 0.2) is 0 Å². The lowest BCUT2D eigenvalue weighted by Crippen LogP contribution is -2.08. The van der Waals surface area contributed by atoms with Crippen LogP contribution in [0, 0.1) is 20.2 Å². The number of hydrogen-bond acceptors (Lipinski definition) is 7. The number of nitro benzene ring substituents is 2. The van der Waals surface area contributed by atoms with E-state index in [2.05, 4.69) is 0 Å². The predicted molar refractivity (Wildman–Crippen MR) is 92.2 cm³/mol. The van der Waals surface area contributed by atoms with E-state index in [0.29, 0.717) is 13.2 Å². The van der Waals surface area contributed by atoms with E-state index >= 15 is 0 Å². The summed E-state index contributed by atoms with van der Waals surface area (Å²) in [5.41, 5.74) is 1.88. The minimum Gasteiger partial charge on any atom is -0.376 e. The van der Waals surface area contributed by atoms with Crippen molar-refractivity contribution in [3.63, 3.8) is 0 Å². The summed E-state index contributed by atoms with van der Waals surface area (Å²) in [6.45, 7) is 0.822. The summed E-state index contributed by atoms with van der Waals surface area (Å²) in [6, 6.07) is 12.6. The molecule has 2 aliphatic rings. The van der Waals surface area contributed by atoms with E-state index in [0.717, 1.165) is 11.1 Å². The van der Waals surface area contributed by atoms with Gasteiger partial charge in [0, 0.05) is 24.3 Å². The van der Waals surface area contributed by atoms with Gasteiger partial charge in [0.05, 0.1) is 23.1 Å². The maximum atomic E-state index is 10.7. The second kappa shape index (κ2) is 7.03. The number of rotatable bonds is 8. The summed E-state index contributed by atoms with van der Waals surface area (Å²) in [6.07, 6.45) is -0.334. The van der Waals surface area contributed by atoms with Gasteiger partial charge in [-0.3, -0.25) is 20.2 Å². The third-order valence-electron chi connectivity index (χ3n) is 4.59. The Morgan fingerprint density at radius 1 is 0.741 bits per heavy atom. The number of nitrogens with zero attached hydrogens (tertiary/aromatic N) is 2. The monoisotopic (exact) mass is 372 g/mol. The molecule has 4 rings (SSSR count). The fourth-order valence-electron chi connectivity index (χ4n) is 3.00. The quantitative estimate of drug-likeness (QED) is 0.396. The van der Waals surface area contributed by atoms with Gasteiger partial charge in [0.1, 0.15) is 24.4 Å². The normalized spacial score (nSPS) is 25.8. The smallest absolute Gasteiger partial charge is 0.269 e. The summed E-state index contributed by atoms with van der Waals surface area (Å²) >= 11 is 0. The van der Waals surface area contributed by atoms with Gasteiger partial charge in [-0.1, -0.05) is 0 Å². The van der Waals surface area contributed by atoms with Crippen LogP contribution in [-0.4, -0.2) is 35.3 Å². The fourth-order valence-corrected chi connectivity index (χ4v) is 3.00. The van der Waals surface area contributed by atoms with Gasteiger partial charge >= 0.3 is 0 Å². The Morgan fingerprint density at radius 2 is 1.11 bits per heavy atom. The highest BCUT2D eigenvalue weighted by Crippen LogP contribution is 2.41. The molecule has 140 valence electrons. The highest BCUT2D eigenvalue weighted by atomic mass is 16.6. The molecule has 0 saturated carbocycles. The van der Waals surface area contributed by atoms with Crippen LogP contribution in [0.3, 0.4) is 0 Å². The number of nitro groups is 2. The van der Waals surface area contributed by atoms with Gasteiger partial charge in [0.2, 0.25) is 0 Å². The van der Waals surface area contributed by atoms with Gasteiger partial charge in [-0.2, -0.15) is 0 Å². The van der Waals surface area contributed by atoms with Crippen molar-refractivity contribution in [2.75, 3.05) is 13.2 Å². The summed E-state index contributed by atoms with van der Waals surface area (Å²) < 4.78 is 16.7. The van der Waals surface area contributed by atoms with Crippen molar-refractivity contribution in [2.24, 2.45) is 0 Å². The Labute approximate surface area is 153 Å². The SMILES string of the molecule is O=[N+]([O-])c1ccc(C2OC2COCC2OC2c2ccc([N+](=O)[O-])cc2)cc1. The van der Waals surface area contributed by atoms with Crippen molar-refractivity contribution in [1.29, 1.82) is 0 Å². The molecule has 0 aromatic heterocycles. The molecule has 0 aliphatic carbocycles. The highest BCUT2D eigenvalue weighted by Gasteiger charge is 2.43. The molecule has 9 heteroatoms. The van der Waals surface area contributed by atoms with Crippen molar-refractivity contribution in [3.05, 3.63) is 79.9 Å². The van der Waals surface area contributed by atoms with E-state index in [4.69, 9.17) is 14.2 Å². The minimum absolute atomic E-state index is 0.0513. The highest BCUT2D eigenvalue weighted by molar-refractivity contribution is 5.36. The lowest BCUT2D eigenvalue weighted by molar-refractivity contribution is -0.385. The first-order chi connectivity index (χ1) is 13.0. The minimum atomic E-state index is -0.435. The predicted octanol–water partition coefficient (Wildman–Crippen LogP) is 3.10. The second-order valence-corrected chi connectivity index (χ2v) is 6.43. The van der Waals surface area contributed by atoms with Crippen LogP contribution in [0.4, 0.5) is 11.4 Å². The van der Waals surface area contributed by atoms with E-state index < -0.39 is 9.85 Å². The van der Waals surface area contributed by atoms with E-state index in [1.165, 1.54) is 24.3 Å². The van der Waals surface area contributed by atoms with Gasteiger partial charge in [-0.25, -0.2) is 0 Å².